The van der Waals surface area contributed by atoms with Crippen molar-refractivity contribution in [1.29, 1.82) is 0 Å². The molecule has 0 spiro atoms. The van der Waals surface area contributed by atoms with Crippen LogP contribution in [0.5, 0.6) is 0 Å². The normalized spacial score (nSPS) is 16.8. The number of allylic oxidation sites excluding steroid dienone is 8. The van der Waals surface area contributed by atoms with E-state index in [4.69, 9.17) is 12.2 Å². The second-order valence-electron chi connectivity index (χ2n) is 13.7. The lowest BCUT2D eigenvalue weighted by atomic mass is 9.73. The molecule has 1 aliphatic carbocycles. The number of nitrogens with two attached hydrogens (primary N) is 1. The van der Waals surface area contributed by atoms with E-state index >= 15 is 0 Å². The maximum Gasteiger partial charge on any atom is 0.0639 e. The quantitative estimate of drug-likeness (QED) is 0.151. The Kier molecular flexibility index (Phi) is 10.3. The highest BCUT2D eigenvalue weighted by atomic mass is 14.5. The minimum atomic E-state index is -0.291. The standard InChI is InChI=1S/C52H43N/c1-4-39(42-22-24-43(25-23-42)40-14-7-5-8-15-40)36-51(46-30-32-49(33-31-46)52(3)34-12-11-18-48(52)19-13-35-53)50-37-47(21-20-38(50)2)45-28-26-44(27-29-45)41-16-9-6-10-17-41/h1,5-37,39H,53H2,2-3H3/b35-13-,48-19-,51-36-. The SMILES string of the molecule is C#CC(/C=C(/c1ccc(C2(C)C=CC=C/C2=C/C=C\N)cc1)c1cc(-c2ccc(-c3ccccc3)cc2)ccc1C)c1ccc(-c2ccccc2)cc1. The Morgan fingerprint density at radius 1 is 0.660 bits per heavy atom. The summed E-state index contributed by atoms with van der Waals surface area (Å²) in [6.45, 7) is 4.43. The van der Waals surface area contributed by atoms with E-state index in [-0.39, 0.29) is 11.3 Å². The van der Waals surface area contributed by atoms with Crippen LogP contribution in [-0.2, 0) is 5.41 Å². The second-order valence-corrected chi connectivity index (χ2v) is 13.7. The summed E-state index contributed by atoms with van der Waals surface area (Å²) >= 11 is 0. The van der Waals surface area contributed by atoms with Gasteiger partial charge in [0.15, 0.2) is 0 Å². The number of hydrogen-bond donors (Lipinski definition) is 1. The fourth-order valence-electron chi connectivity index (χ4n) is 7.16. The van der Waals surface area contributed by atoms with E-state index in [1.165, 1.54) is 44.5 Å². The zero-order valence-corrected chi connectivity index (χ0v) is 30.3. The van der Waals surface area contributed by atoms with Crippen LogP contribution in [0.1, 0.15) is 40.7 Å². The Morgan fingerprint density at radius 2 is 1.21 bits per heavy atom. The lowest BCUT2D eigenvalue weighted by Crippen LogP contribution is -2.22. The molecule has 2 atom stereocenters. The summed E-state index contributed by atoms with van der Waals surface area (Å²) in [5.74, 6) is 2.88. The van der Waals surface area contributed by atoms with Gasteiger partial charge in [-0.3, -0.25) is 0 Å². The minimum absolute atomic E-state index is 0.232. The van der Waals surface area contributed by atoms with Gasteiger partial charge in [0.2, 0.25) is 0 Å². The summed E-state index contributed by atoms with van der Waals surface area (Å²) in [7, 11) is 0. The van der Waals surface area contributed by atoms with Crippen molar-refractivity contribution in [3.05, 3.63) is 234 Å². The molecule has 0 heterocycles. The molecule has 0 saturated heterocycles. The number of aryl methyl sites for hydroxylation is 1. The van der Waals surface area contributed by atoms with Crippen LogP contribution in [0, 0.1) is 19.3 Å². The van der Waals surface area contributed by atoms with E-state index in [2.05, 4.69) is 202 Å². The molecule has 0 amide bonds. The predicted octanol–water partition coefficient (Wildman–Crippen LogP) is 12.6. The molecule has 0 aliphatic heterocycles. The van der Waals surface area contributed by atoms with Gasteiger partial charge in [-0.2, -0.15) is 0 Å². The molecule has 0 fully saturated rings. The van der Waals surface area contributed by atoms with Crippen molar-refractivity contribution in [2.24, 2.45) is 5.73 Å². The third kappa shape index (κ3) is 7.55. The van der Waals surface area contributed by atoms with Gasteiger partial charge in [0.1, 0.15) is 0 Å². The van der Waals surface area contributed by atoms with E-state index in [0.717, 1.165) is 27.8 Å². The fourth-order valence-corrected chi connectivity index (χ4v) is 7.16. The fraction of sp³-hybridized carbons (Fsp3) is 0.0769. The summed E-state index contributed by atoms with van der Waals surface area (Å²) in [5.41, 5.74) is 20.5. The molecule has 1 aliphatic rings. The third-order valence-electron chi connectivity index (χ3n) is 10.3. The highest BCUT2D eigenvalue weighted by Gasteiger charge is 2.28. The zero-order valence-electron chi connectivity index (χ0n) is 30.3. The molecule has 1 heteroatoms. The van der Waals surface area contributed by atoms with Crippen LogP contribution in [0.25, 0.3) is 39.0 Å². The maximum atomic E-state index is 6.34. The van der Waals surface area contributed by atoms with E-state index in [9.17, 15) is 0 Å². The van der Waals surface area contributed by atoms with Gasteiger partial charge in [-0.1, -0.05) is 188 Å². The Labute approximate surface area is 314 Å². The minimum Gasteiger partial charge on any atom is -0.405 e. The molecule has 6 aromatic rings. The predicted molar refractivity (Wildman–Crippen MR) is 226 cm³/mol. The molecule has 256 valence electrons. The number of rotatable bonds is 9. The molecular formula is C52H43N. The van der Waals surface area contributed by atoms with Crippen LogP contribution in [0.4, 0.5) is 0 Å². The lowest BCUT2D eigenvalue weighted by Gasteiger charge is -2.30. The van der Waals surface area contributed by atoms with Gasteiger partial charge in [0.25, 0.3) is 0 Å². The van der Waals surface area contributed by atoms with Crippen molar-refractivity contribution in [3.63, 3.8) is 0 Å². The molecular weight excluding hydrogens is 639 g/mol. The summed E-state index contributed by atoms with van der Waals surface area (Å²) in [4.78, 5) is 0. The topological polar surface area (TPSA) is 26.0 Å². The average molecular weight is 682 g/mol. The largest absolute Gasteiger partial charge is 0.405 e. The first-order chi connectivity index (χ1) is 26.0. The van der Waals surface area contributed by atoms with Gasteiger partial charge in [-0.25, -0.2) is 0 Å². The Bertz CT molecular complexity index is 2380. The van der Waals surface area contributed by atoms with Crippen molar-refractivity contribution in [3.8, 4) is 45.7 Å². The first kappa shape index (κ1) is 34.8. The first-order valence-corrected chi connectivity index (χ1v) is 18.1. The van der Waals surface area contributed by atoms with E-state index < -0.39 is 0 Å². The van der Waals surface area contributed by atoms with Crippen molar-refractivity contribution in [2.75, 3.05) is 0 Å². The number of terminal acetylenes is 1. The van der Waals surface area contributed by atoms with Gasteiger partial charge in [-0.05, 0) is 105 Å². The molecule has 0 aromatic heterocycles. The number of benzene rings is 6. The second kappa shape index (κ2) is 15.7. The first-order valence-electron chi connectivity index (χ1n) is 18.1. The molecule has 6 aromatic carbocycles. The zero-order chi connectivity index (χ0) is 36.6. The smallest absolute Gasteiger partial charge is 0.0639 e. The molecule has 1 nitrogen and oxygen atoms in total. The Morgan fingerprint density at radius 3 is 1.79 bits per heavy atom. The summed E-state index contributed by atoms with van der Waals surface area (Å²) in [6, 6.07) is 54.1. The van der Waals surface area contributed by atoms with Crippen LogP contribution in [-0.4, -0.2) is 0 Å². The highest BCUT2D eigenvalue weighted by Crippen LogP contribution is 2.39. The maximum absolute atomic E-state index is 6.34. The lowest BCUT2D eigenvalue weighted by molar-refractivity contribution is 0.717. The Hall–Kier alpha value is -6.62. The van der Waals surface area contributed by atoms with Gasteiger partial charge in [0.05, 0.1) is 5.92 Å². The number of hydrogen-bond acceptors (Lipinski definition) is 1. The Balaban J connectivity index is 1.31. The van der Waals surface area contributed by atoms with Crippen LogP contribution < -0.4 is 5.73 Å². The van der Waals surface area contributed by atoms with Crippen molar-refractivity contribution in [2.45, 2.75) is 25.2 Å². The monoisotopic (exact) mass is 681 g/mol. The molecule has 0 bridgehead atoms. The van der Waals surface area contributed by atoms with Gasteiger partial charge in [-0.15, -0.1) is 6.42 Å². The molecule has 7 rings (SSSR count). The third-order valence-corrected chi connectivity index (χ3v) is 10.3. The van der Waals surface area contributed by atoms with E-state index in [1.54, 1.807) is 6.20 Å². The summed E-state index contributed by atoms with van der Waals surface area (Å²) in [6.07, 6.45) is 22.8. The van der Waals surface area contributed by atoms with Crippen molar-refractivity contribution >= 4 is 5.57 Å². The van der Waals surface area contributed by atoms with Crippen LogP contribution in [0.2, 0.25) is 0 Å². The average Bonchev–Trinajstić information content (AvgIpc) is 3.22. The van der Waals surface area contributed by atoms with E-state index in [1.807, 2.05) is 12.1 Å². The molecule has 2 N–H and O–H groups in total. The molecule has 0 radical (unpaired) electrons. The van der Waals surface area contributed by atoms with Crippen molar-refractivity contribution in [1.82, 2.24) is 0 Å². The van der Waals surface area contributed by atoms with Crippen LogP contribution >= 0.6 is 0 Å². The van der Waals surface area contributed by atoms with Gasteiger partial charge in [0, 0.05) is 5.41 Å². The molecule has 53 heavy (non-hydrogen) atoms. The molecule has 2 unspecified atom stereocenters. The highest BCUT2D eigenvalue weighted by molar-refractivity contribution is 5.85. The van der Waals surface area contributed by atoms with Gasteiger partial charge >= 0.3 is 0 Å². The van der Waals surface area contributed by atoms with Gasteiger partial charge < -0.3 is 5.73 Å². The summed E-state index contributed by atoms with van der Waals surface area (Å²) < 4.78 is 0. The van der Waals surface area contributed by atoms with Crippen molar-refractivity contribution < 1.29 is 0 Å². The van der Waals surface area contributed by atoms with Crippen LogP contribution in [0.3, 0.4) is 0 Å². The summed E-state index contributed by atoms with van der Waals surface area (Å²) in [5, 5.41) is 0. The van der Waals surface area contributed by atoms with Crippen LogP contribution in [0.15, 0.2) is 206 Å². The molecule has 0 saturated carbocycles. The van der Waals surface area contributed by atoms with E-state index in [0.29, 0.717) is 0 Å².